The first-order valence-corrected chi connectivity index (χ1v) is 19.9. The average Bonchev–Trinajstić information content (AvgIpc) is 3.74. The number of aliphatic imine (C=N–C) groups is 2. The molecular weight excluding hydrogens is 791 g/mol. The molecule has 2 N–H and O–H groups in total. The Kier molecular flexibility index (Phi) is 11.3. The van der Waals surface area contributed by atoms with Gasteiger partial charge in [-0.05, 0) is 81.4 Å². The SMILES string of the molecule is CCNC(=O)C[C@@H]1N=C(c2ccc(Cl)cc2)c2cc(OCCNC(=O)C[C@@H]3N=C(c4ccc(Cl)cc4)c4cc(OC)ccc4-n4c(C)nnc43)ccc2-n2c(C)nnc21. The topological polar surface area (TPSA) is 163 Å². The smallest absolute Gasteiger partial charge is 0.222 e. The Hall–Kier alpha value is -6.38. The number of amides is 2. The second-order valence-corrected chi connectivity index (χ2v) is 14.9. The van der Waals surface area contributed by atoms with E-state index in [1.165, 1.54) is 0 Å². The van der Waals surface area contributed by atoms with Crippen LogP contribution in [0.3, 0.4) is 0 Å². The number of hydrogen-bond acceptors (Lipinski definition) is 10. The van der Waals surface area contributed by atoms with E-state index < -0.39 is 12.1 Å². The molecule has 0 bridgehead atoms. The van der Waals surface area contributed by atoms with Crippen molar-refractivity contribution in [3.05, 3.63) is 141 Å². The van der Waals surface area contributed by atoms with Crippen LogP contribution < -0.4 is 20.1 Å². The molecule has 0 unspecified atom stereocenters. The van der Waals surface area contributed by atoms with Gasteiger partial charge in [0.1, 0.15) is 41.8 Å². The fraction of sp³-hybridized carbons (Fsp3) is 0.256. The van der Waals surface area contributed by atoms with Crippen LogP contribution in [-0.2, 0) is 9.59 Å². The van der Waals surface area contributed by atoms with Gasteiger partial charge in [-0.2, -0.15) is 0 Å². The van der Waals surface area contributed by atoms with Gasteiger partial charge in [0.25, 0.3) is 0 Å². The molecular formula is C43H40Cl2N10O4. The molecule has 8 rings (SSSR count). The lowest BCUT2D eigenvalue weighted by molar-refractivity contribution is -0.122. The third-order valence-electron chi connectivity index (χ3n) is 10.1. The molecule has 0 radical (unpaired) electrons. The molecule has 2 atom stereocenters. The van der Waals surface area contributed by atoms with Crippen molar-refractivity contribution >= 4 is 46.4 Å². The third-order valence-corrected chi connectivity index (χ3v) is 10.6. The lowest BCUT2D eigenvalue weighted by Crippen LogP contribution is -2.29. The molecule has 300 valence electrons. The van der Waals surface area contributed by atoms with Gasteiger partial charge in [-0.1, -0.05) is 47.5 Å². The number of aromatic nitrogens is 6. The van der Waals surface area contributed by atoms with Crippen molar-refractivity contribution in [2.45, 2.75) is 45.7 Å². The Morgan fingerprint density at radius 2 is 1.14 bits per heavy atom. The molecule has 6 aromatic rings. The number of methoxy groups -OCH3 is 1. The minimum Gasteiger partial charge on any atom is -0.497 e. The summed E-state index contributed by atoms with van der Waals surface area (Å²) in [5, 5.41) is 24.7. The fourth-order valence-electron chi connectivity index (χ4n) is 7.37. The van der Waals surface area contributed by atoms with E-state index in [-0.39, 0.29) is 37.8 Å². The number of nitrogens with one attached hydrogen (secondary N) is 2. The van der Waals surface area contributed by atoms with E-state index >= 15 is 0 Å². The number of carbonyl (C=O) groups excluding carboxylic acids is 2. The van der Waals surface area contributed by atoms with Crippen LogP contribution in [0.4, 0.5) is 0 Å². The molecule has 59 heavy (non-hydrogen) atoms. The average molecular weight is 832 g/mol. The van der Waals surface area contributed by atoms with Gasteiger partial charge in [0.05, 0.1) is 49.3 Å². The molecule has 2 aliphatic rings. The number of fused-ring (bicyclic) bond motifs is 6. The molecule has 2 amide bonds. The van der Waals surface area contributed by atoms with Crippen molar-refractivity contribution in [3.8, 4) is 22.9 Å². The number of benzene rings is 4. The highest BCUT2D eigenvalue weighted by Crippen LogP contribution is 2.36. The van der Waals surface area contributed by atoms with Gasteiger partial charge < -0.3 is 20.1 Å². The predicted octanol–water partition coefficient (Wildman–Crippen LogP) is 6.68. The zero-order chi connectivity index (χ0) is 41.2. The molecule has 16 heteroatoms. The van der Waals surface area contributed by atoms with Crippen LogP contribution in [0.25, 0.3) is 11.4 Å². The van der Waals surface area contributed by atoms with Crippen LogP contribution in [0, 0.1) is 13.8 Å². The van der Waals surface area contributed by atoms with Crippen LogP contribution in [0.2, 0.25) is 10.0 Å². The van der Waals surface area contributed by atoms with Crippen molar-refractivity contribution < 1.29 is 19.1 Å². The number of aryl methyl sites for hydroxylation is 2. The Labute approximate surface area is 350 Å². The van der Waals surface area contributed by atoms with Gasteiger partial charge in [0.15, 0.2) is 11.6 Å². The summed E-state index contributed by atoms with van der Waals surface area (Å²) in [6, 6.07) is 25.0. The van der Waals surface area contributed by atoms with Gasteiger partial charge in [-0.15, -0.1) is 20.4 Å². The number of carbonyl (C=O) groups is 2. The summed E-state index contributed by atoms with van der Waals surface area (Å²) in [4.78, 5) is 36.8. The summed E-state index contributed by atoms with van der Waals surface area (Å²) in [6.07, 6.45) is 0.104. The summed E-state index contributed by atoms with van der Waals surface area (Å²) in [6.45, 7) is 6.51. The quantitative estimate of drug-likeness (QED) is 0.129. The number of hydrogen-bond donors (Lipinski definition) is 2. The van der Waals surface area contributed by atoms with E-state index in [0.717, 1.165) is 33.6 Å². The number of rotatable bonds is 12. The van der Waals surface area contributed by atoms with Crippen LogP contribution in [0.15, 0.2) is 94.9 Å². The van der Waals surface area contributed by atoms with Crippen LogP contribution in [0.5, 0.6) is 11.5 Å². The van der Waals surface area contributed by atoms with E-state index in [9.17, 15) is 9.59 Å². The molecule has 0 saturated heterocycles. The maximum absolute atomic E-state index is 13.6. The first-order valence-electron chi connectivity index (χ1n) is 19.1. The summed E-state index contributed by atoms with van der Waals surface area (Å²) >= 11 is 12.5. The first kappa shape index (κ1) is 39.4. The van der Waals surface area contributed by atoms with Crippen molar-refractivity contribution in [1.82, 2.24) is 40.2 Å². The Balaban J connectivity index is 1.03. The minimum atomic E-state index is -0.653. The standard InChI is InChI=1S/C43H40Cl2N10O4/c1-5-46-38(56)22-34-42-52-51-25(3)55(42)37-17-15-31(21-33(37)41(48-34)27-8-12-29(45)13-9-27)59-19-18-47-39(57)23-35-43-53-50-24(2)54(43)36-16-14-30(58-4)20-32(36)40(49-35)26-6-10-28(44)11-7-26/h6-17,20-21,34-35H,5,18-19,22-23H2,1-4H3,(H,46,56)(H,47,57)/t34-,35-/m0/s1. The summed E-state index contributed by atoms with van der Waals surface area (Å²) in [5.41, 5.74) is 6.16. The minimum absolute atomic E-state index is 0.0121. The lowest BCUT2D eigenvalue weighted by Gasteiger charge is -2.15. The maximum atomic E-state index is 13.6. The van der Waals surface area contributed by atoms with Crippen LogP contribution in [-0.4, -0.2) is 79.6 Å². The zero-order valence-electron chi connectivity index (χ0n) is 32.7. The number of nitrogens with zero attached hydrogens (tertiary/aromatic N) is 8. The highest BCUT2D eigenvalue weighted by atomic mass is 35.5. The molecule has 2 aromatic heterocycles. The molecule has 4 heterocycles. The van der Waals surface area contributed by atoms with Crippen LogP contribution >= 0.6 is 23.2 Å². The number of halogens is 2. The van der Waals surface area contributed by atoms with E-state index in [1.807, 2.05) is 103 Å². The van der Waals surface area contributed by atoms with Crippen LogP contribution in [0.1, 0.15) is 77.4 Å². The zero-order valence-corrected chi connectivity index (χ0v) is 34.3. The molecule has 0 saturated carbocycles. The summed E-state index contributed by atoms with van der Waals surface area (Å²) in [7, 11) is 1.62. The van der Waals surface area contributed by atoms with Crippen molar-refractivity contribution in [1.29, 1.82) is 0 Å². The molecule has 4 aromatic carbocycles. The first-order chi connectivity index (χ1) is 28.6. The second kappa shape index (κ2) is 16.8. The molecule has 0 spiro atoms. The van der Waals surface area contributed by atoms with E-state index in [2.05, 4.69) is 31.0 Å². The lowest BCUT2D eigenvalue weighted by atomic mass is 10.00. The van der Waals surface area contributed by atoms with Crippen molar-refractivity contribution in [2.75, 3.05) is 26.8 Å². The predicted molar refractivity (Wildman–Crippen MR) is 225 cm³/mol. The van der Waals surface area contributed by atoms with E-state index in [4.69, 9.17) is 42.7 Å². The van der Waals surface area contributed by atoms with Gasteiger partial charge in [-0.3, -0.25) is 28.7 Å². The highest BCUT2D eigenvalue weighted by molar-refractivity contribution is 6.31. The maximum Gasteiger partial charge on any atom is 0.222 e. The van der Waals surface area contributed by atoms with Gasteiger partial charge >= 0.3 is 0 Å². The Morgan fingerprint density at radius 3 is 1.63 bits per heavy atom. The normalized spacial score (nSPS) is 15.3. The Morgan fingerprint density at radius 1 is 0.661 bits per heavy atom. The monoisotopic (exact) mass is 830 g/mol. The van der Waals surface area contributed by atoms with Gasteiger partial charge in [0.2, 0.25) is 11.8 Å². The van der Waals surface area contributed by atoms with E-state index in [0.29, 0.717) is 62.8 Å². The van der Waals surface area contributed by atoms with Gasteiger partial charge in [-0.25, -0.2) is 0 Å². The summed E-state index contributed by atoms with van der Waals surface area (Å²) < 4.78 is 15.7. The molecule has 0 aliphatic carbocycles. The molecule has 2 aliphatic heterocycles. The van der Waals surface area contributed by atoms with Crippen molar-refractivity contribution in [3.63, 3.8) is 0 Å². The second-order valence-electron chi connectivity index (χ2n) is 14.0. The number of ether oxygens (including phenoxy) is 2. The van der Waals surface area contributed by atoms with Gasteiger partial charge in [0, 0.05) is 38.8 Å². The van der Waals surface area contributed by atoms with E-state index in [1.54, 1.807) is 19.2 Å². The molecule has 0 fully saturated rings. The molecule has 14 nitrogen and oxygen atoms in total. The Bertz CT molecular complexity index is 2620. The van der Waals surface area contributed by atoms with Crippen molar-refractivity contribution in [2.24, 2.45) is 9.98 Å². The highest BCUT2D eigenvalue weighted by Gasteiger charge is 2.32. The summed E-state index contributed by atoms with van der Waals surface area (Å²) in [5.74, 6) is 3.27. The largest absolute Gasteiger partial charge is 0.497 e. The third kappa shape index (κ3) is 8.05. The fourth-order valence-corrected chi connectivity index (χ4v) is 7.62.